The lowest BCUT2D eigenvalue weighted by molar-refractivity contribution is 0.128. The number of rotatable bonds is 4. The van der Waals surface area contributed by atoms with Crippen LogP contribution in [0.5, 0.6) is 0 Å². The normalized spacial score (nSPS) is 25.4. The first-order valence-electron chi connectivity index (χ1n) is 5.89. The van der Waals surface area contributed by atoms with Crippen LogP contribution in [0.25, 0.3) is 0 Å². The van der Waals surface area contributed by atoms with E-state index in [-0.39, 0.29) is 5.54 Å². The molecular formula is C12H19ClN2S2. The van der Waals surface area contributed by atoms with Gasteiger partial charge in [0.1, 0.15) is 0 Å². The van der Waals surface area contributed by atoms with Gasteiger partial charge in [0.2, 0.25) is 0 Å². The number of nitrogens with zero attached hydrogens (tertiary/aromatic N) is 1. The van der Waals surface area contributed by atoms with Gasteiger partial charge in [-0.3, -0.25) is 4.90 Å². The third-order valence-corrected chi connectivity index (χ3v) is 6.05. The van der Waals surface area contributed by atoms with Gasteiger partial charge < -0.3 is 5.73 Å². The van der Waals surface area contributed by atoms with Crippen LogP contribution in [0.2, 0.25) is 4.34 Å². The van der Waals surface area contributed by atoms with E-state index in [1.165, 1.54) is 23.5 Å². The van der Waals surface area contributed by atoms with Crippen LogP contribution >= 0.6 is 34.7 Å². The fraction of sp³-hybridized carbons (Fsp3) is 0.667. The van der Waals surface area contributed by atoms with Crippen LogP contribution in [-0.4, -0.2) is 35.5 Å². The Morgan fingerprint density at radius 1 is 1.53 bits per heavy atom. The van der Waals surface area contributed by atoms with Gasteiger partial charge in [-0.15, -0.1) is 11.3 Å². The zero-order chi connectivity index (χ0) is 12.3. The van der Waals surface area contributed by atoms with Crippen molar-refractivity contribution < 1.29 is 0 Å². The van der Waals surface area contributed by atoms with Crippen molar-refractivity contribution in [2.45, 2.75) is 24.9 Å². The Morgan fingerprint density at radius 3 is 2.88 bits per heavy atom. The molecule has 1 unspecified atom stereocenters. The number of thioether (sulfide) groups is 1. The van der Waals surface area contributed by atoms with Gasteiger partial charge >= 0.3 is 0 Å². The molecule has 5 heteroatoms. The molecule has 0 radical (unpaired) electrons. The summed E-state index contributed by atoms with van der Waals surface area (Å²) in [6, 6.07) is 4.09. The van der Waals surface area contributed by atoms with Crippen molar-refractivity contribution >= 4 is 34.7 Å². The molecule has 0 aromatic carbocycles. The lowest BCUT2D eigenvalue weighted by Crippen LogP contribution is -2.55. The highest BCUT2D eigenvalue weighted by Crippen LogP contribution is 2.32. The van der Waals surface area contributed by atoms with Crippen LogP contribution in [-0.2, 0) is 6.54 Å². The lowest BCUT2D eigenvalue weighted by atomic mass is 9.93. The first kappa shape index (κ1) is 13.7. The van der Waals surface area contributed by atoms with Gasteiger partial charge in [0.25, 0.3) is 0 Å². The molecule has 1 saturated heterocycles. The molecule has 0 saturated carbocycles. The molecule has 0 spiro atoms. The smallest absolute Gasteiger partial charge is 0.0931 e. The number of nitrogens with two attached hydrogens (primary N) is 1. The molecule has 2 heterocycles. The second-order valence-corrected chi connectivity index (χ2v) is 7.55. The SMILES string of the molecule is CN(Cc1ccc(Cl)s1)C1(CN)CCCSC1. The summed E-state index contributed by atoms with van der Waals surface area (Å²) in [7, 11) is 2.19. The average Bonchev–Trinajstić information content (AvgIpc) is 2.75. The minimum Gasteiger partial charge on any atom is -0.329 e. The van der Waals surface area contributed by atoms with Crippen LogP contribution < -0.4 is 5.73 Å². The van der Waals surface area contributed by atoms with Gasteiger partial charge in [-0.1, -0.05) is 11.6 Å². The maximum absolute atomic E-state index is 6.02. The minimum absolute atomic E-state index is 0.180. The van der Waals surface area contributed by atoms with Crippen molar-refractivity contribution in [1.82, 2.24) is 4.90 Å². The molecule has 0 aliphatic carbocycles. The monoisotopic (exact) mass is 290 g/mol. The second kappa shape index (κ2) is 5.93. The van der Waals surface area contributed by atoms with E-state index in [2.05, 4.69) is 18.0 Å². The molecule has 2 rings (SSSR count). The highest BCUT2D eigenvalue weighted by atomic mass is 35.5. The summed E-state index contributed by atoms with van der Waals surface area (Å²) in [5.74, 6) is 2.43. The Kier molecular flexibility index (Phi) is 4.78. The van der Waals surface area contributed by atoms with Crippen LogP contribution in [0.15, 0.2) is 12.1 Å². The van der Waals surface area contributed by atoms with E-state index < -0.39 is 0 Å². The summed E-state index contributed by atoms with van der Waals surface area (Å²) in [6.45, 7) is 1.70. The summed E-state index contributed by atoms with van der Waals surface area (Å²) in [6.07, 6.45) is 2.49. The van der Waals surface area contributed by atoms with E-state index in [1.54, 1.807) is 11.3 Å². The van der Waals surface area contributed by atoms with Crippen LogP contribution in [0.1, 0.15) is 17.7 Å². The van der Waals surface area contributed by atoms with Crippen molar-refractivity contribution in [2.24, 2.45) is 5.73 Å². The van der Waals surface area contributed by atoms with E-state index in [9.17, 15) is 0 Å². The molecule has 17 heavy (non-hydrogen) atoms. The van der Waals surface area contributed by atoms with E-state index >= 15 is 0 Å². The van der Waals surface area contributed by atoms with Gasteiger partial charge in [-0.25, -0.2) is 0 Å². The summed E-state index contributed by atoms with van der Waals surface area (Å²) in [4.78, 5) is 3.74. The molecule has 1 aromatic heterocycles. The van der Waals surface area contributed by atoms with Gasteiger partial charge in [-0.2, -0.15) is 11.8 Å². The quantitative estimate of drug-likeness (QED) is 0.924. The van der Waals surface area contributed by atoms with E-state index in [0.717, 1.165) is 23.2 Å². The van der Waals surface area contributed by atoms with E-state index in [0.29, 0.717) is 0 Å². The van der Waals surface area contributed by atoms with E-state index in [4.69, 9.17) is 17.3 Å². The Morgan fingerprint density at radius 2 is 2.35 bits per heavy atom. The highest BCUT2D eigenvalue weighted by molar-refractivity contribution is 7.99. The molecule has 2 nitrogen and oxygen atoms in total. The average molecular weight is 291 g/mol. The predicted molar refractivity (Wildman–Crippen MR) is 79.1 cm³/mol. The van der Waals surface area contributed by atoms with Gasteiger partial charge in [0.05, 0.1) is 4.34 Å². The van der Waals surface area contributed by atoms with E-state index in [1.807, 2.05) is 17.8 Å². The zero-order valence-corrected chi connectivity index (χ0v) is 12.5. The van der Waals surface area contributed by atoms with Crippen LogP contribution in [0, 0.1) is 0 Å². The number of thiophene rings is 1. The number of hydrogen-bond acceptors (Lipinski definition) is 4. The summed E-state index contributed by atoms with van der Waals surface area (Å²) in [5.41, 5.74) is 6.20. The second-order valence-electron chi connectivity index (χ2n) is 4.65. The molecule has 1 aromatic rings. The van der Waals surface area contributed by atoms with Crippen LogP contribution in [0.3, 0.4) is 0 Å². The third kappa shape index (κ3) is 3.18. The molecule has 0 amide bonds. The summed E-state index contributed by atoms with van der Waals surface area (Å²) < 4.78 is 0.869. The largest absolute Gasteiger partial charge is 0.329 e. The zero-order valence-electron chi connectivity index (χ0n) is 10.1. The van der Waals surface area contributed by atoms with Crippen molar-refractivity contribution in [1.29, 1.82) is 0 Å². The van der Waals surface area contributed by atoms with Gasteiger partial charge in [0.15, 0.2) is 0 Å². The Hall–Kier alpha value is 0.260. The Bertz CT molecular complexity index is 361. The molecular weight excluding hydrogens is 272 g/mol. The minimum atomic E-state index is 0.180. The highest BCUT2D eigenvalue weighted by Gasteiger charge is 2.35. The molecule has 1 aliphatic heterocycles. The number of hydrogen-bond donors (Lipinski definition) is 1. The van der Waals surface area contributed by atoms with Crippen LogP contribution in [0.4, 0.5) is 0 Å². The maximum atomic E-state index is 6.02. The van der Waals surface area contributed by atoms with Crippen molar-refractivity contribution in [3.63, 3.8) is 0 Å². The number of halogens is 1. The first-order chi connectivity index (χ1) is 8.16. The molecule has 1 aliphatic rings. The maximum Gasteiger partial charge on any atom is 0.0931 e. The fourth-order valence-corrected chi connectivity index (χ4v) is 4.79. The molecule has 0 bridgehead atoms. The molecule has 2 N–H and O–H groups in total. The topological polar surface area (TPSA) is 29.3 Å². The van der Waals surface area contributed by atoms with Crippen molar-refractivity contribution in [3.05, 3.63) is 21.3 Å². The lowest BCUT2D eigenvalue weighted by Gasteiger charge is -2.43. The Labute approximate surface area is 117 Å². The predicted octanol–water partition coefficient (Wildman–Crippen LogP) is 3.06. The standard InChI is InChI=1S/C12H19ClN2S2/c1-15(7-10-3-4-11(13)17-10)12(8-14)5-2-6-16-9-12/h3-4H,2,5-9,14H2,1H3. The Balaban J connectivity index is 2.04. The first-order valence-corrected chi connectivity index (χ1v) is 8.24. The molecule has 1 atom stereocenters. The van der Waals surface area contributed by atoms with Gasteiger partial charge in [0, 0.05) is 29.3 Å². The fourth-order valence-electron chi connectivity index (χ4n) is 2.29. The number of likely N-dealkylation sites (N-methyl/N-ethyl adjacent to an activating group) is 1. The summed E-state index contributed by atoms with van der Waals surface area (Å²) >= 11 is 9.66. The third-order valence-electron chi connectivity index (χ3n) is 3.51. The molecule has 96 valence electrons. The van der Waals surface area contributed by atoms with Gasteiger partial charge in [-0.05, 0) is 37.8 Å². The molecule has 1 fully saturated rings. The van der Waals surface area contributed by atoms with Crippen molar-refractivity contribution in [3.8, 4) is 0 Å². The van der Waals surface area contributed by atoms with Crippen molar-refractivity contribution in [2.75, 3.05) is 25.1 Å². The summed E-state index contributed by atoms with van der Waals surface area (Å²) in [5, 5.41) is 0.